The van der Waals surface area contributed by atoms with Gasteiger partial charge in [-0.15, -0.1) is 0 Å². The van der Waals surface area contributed by atoms with Crippen molar-refractivity contribution in [3.05, 3.63) is 0 Å². The summed E-state index contributed by atoms with van der Waals surface area (Å²) >= 11 is 0. The molecule has 0 heterocycles. The number of quaternary nitrogens is 1. The second-order valence-electron chi connectivity index (χ2n) is 11.5. The minimum Gasteiger partial charge on any atom is -0.550 e. The predicted molar refractivity (Wildman–Crippen MR) is 145 cm³/mol. The van der Waals surface area contributed by atoms with Crippen molar-refractivity contribution >= 4 is 5.97 Å². The number of carbonyl (C=O) groups is 1. The zero-order valence-corrected chi connectivity index (χ0v) is 23.5. The maximum atomic E-state index is 10.5. The van der Waals surface area contributed by atoms with Gasteiger partial charge in [0.15, 0.2) is 0 Å². The van der Waals surface area contributed by atoms with E-state index in [1.165, 1.54) is 116 Å². The molecule has 0 bridgehead atoms. The van der Waals surface area contributed by atoms with E-state index in [1.807, 2.05) is 0 Å². The van der Waals surface area contributed by atoms with Crippen molar-refractivity contribution in [2.45, 2.75) is 161 Å². The third kappa shape index (κ3) is 26.0. The summed E-state index contributed by atoms with van der Waals surface area (Å²) in [5, 5.41) is 20.9. The van der Waals surface area contributed by atoms with Gasteiger partial charge >= 0.3 is 0 Å². The van der Waals surface area contributed by atoms with Gasteiger partial charge in [0.25, 0.3) is 0 Å². The lowest BCUT2D eigenvalue weighted by molar-refractivity contribution is -0.893. The van der Waals surface area contributed by atoms with Crippen LogP contribution in [0.1, 0.15) is 155 Å². The second-order valence-corrected chi connectivity index (χ2v) is 11.5. The average molecular weight is 484 g/mol. The fourth-order valence-electron chi connectivity index (χ4n) is 5.02. The Morgan fingerprint density at radius 2 is 1.03 bits per heavy atom. The highest BCUT2D eigenvalue weighted by atomic mass is 16.4. The van der Waals surface area contributed by atoms with Crippen LogP contribution in [-0.4, -0.2) is 48.8 Å². The Bertz CT molecular complexity index is 439. The van der Waals surface area contributed by atoms with Crippen LogP contribution in [-0.2, 0) is 4.79 Å². The van der Waals surface area contributed by atoms with Crippen molar-refractivity contribution in [1.29, 1.82) is 0 Å². The molecule has 0 radical (unpaired) electrons. The maximum Gasteiger partial charge on any atom is 0.105 e. The van der Waals surface area contributed by atoms with E-state index in [4.69, 9.17) is 0 Å². The number of likely N-dealkylation sites (N-methyl/N-ethyl adjacent to an activating group) is 1. The van der Waals surface area contributed by atoms with E-state index in [0.717, 1.165) is 43.3 Å². The largest absolute Gasteiger partial charge is 0.550 e. The molecule has 1 N–H and O–H groups in total. The molecule has 4 heteroatoms. The minimum atomic E-state index is -0.921. The lowest BCUT2D eigenvalue weighted by Gasteiger charge is -2.32. The lowest BCUT2D eigenvalue weighted by Crippen LogP contribution is -2.45. The summed E-state index contributed by atoms with van der Waals surface area (Å²) in [5.74, 6) is -0.921. The molecule has 0 spiro atoms. The van der Waals surface area contributed by atoms with E-state index in [2.05, 4.69) is 21.0 Å². The number of hydrogen-bond donors (Lipinski definition) is 1. The molecule has 0 aromatic carbocycles. The van der Waals surface area contributed by atoms with E-state index in [9.17, 15) is 15.0 Å². The SMILES string of the molecule is CCCCCCCCCCCCCCCC(O)C[N+](C)(C)CCCCCCCCCCC(=O)[O-]. The number of aliphatic hydroxyl groups excluding tert-OH is 1. The summed E-state index contributed by atoms with van der Waals surface area (Å²) in [6.07, 6.45) is 28.0. The van der Waals surface area contributed by atoms with E-state index < -0.39 is 5.97 Å². The first kappa shape index (κ1) is 33.4. The van der Waals surface area contributed by atoms with Crippen molar-refractivity contribution in [1.82, 2.24) is 0 Å². The Labute approximate surface area is 213 Å². The van der Waals surface area contributed by atoms with Crippen LogP contribution < -0.4 is 5.11 Å². The normalized spacial score (nSPS) is 12.8. The number of carbonyl (C=O) groups excluding carboxylic acids is 1. The number of hydrogen-bond acceptors (Lipinski definition) is 3. The molecular weight excluding hydrogens is 422 g/mol. The summed E-state index contributed by atoms with van der Waals surface area (Å²) in [7, 11) is 4.51. The summed E-state index contributed by atoms with van der Waals surface area (Å²) in [4.78, 5) is 10.4. The van der Waals surface area contributed by atoms with Crippen LogP contribution in [0.25, 0.3) is 0 Å². The number of carboxylic acid groups (broad SMARTS) is 1. The van der Waals surface area contributed by atoms with E-state index >= 15 is 0 Å². The highest BCUT2D eigenvalue weighted by Gasteiger charge is 2.19. The molecule has 34 heavy (non-hydrogen) atoms. The van der Waals surface area contributed by atoms with Gasteiger partial charge in [0.1, 0.15) is 12.6 Å². The summed E-state index contributed by atoms with van der Waals surface area (Å²) < 4.78 is 0.919. The first-order chi connectivity index (χ1) is 16.4. The molecule has 0 saturated carbocycles. The molecular formula is C30H61NO3. The second kappa shape index (κ2) is 24.1. The molecule has 0 aliphatic rings. The van der Waals surface area contributed by atoms with E-state index in [0.29, 0.717) is 0 Å². The Morgan fingerprint density at radius 3 is 1.47 bits per heavy atom. The standard InChI is InChI=1S/C30H61NO3/c1-4-5-6-7-8-9-10-11-12-13-16-19-22-25-29(32)28-31(2,3)27-24-21-18-15-14-17-20-23-26-30(33)34/h29,32H,4-28H2,1-3H3. The quantitative estimate of drug-likeness (QED) is 0.0995. The van der Waals surface area contributed by atoms with Crippen LogP contribution in [0.3, 0.4) is 0 Å². The number of rotatable bonds is 27. The highest BCUT2D eigenvalue weighted by molar-refractivity contribution is 5.63. The van der Waals surface area contributed by atoms with Gasteiger partial charge in [0.05, 0.1) is 20.6 Å². The molecule has 0 aliphatic heterocycles. The first-order valence-electron chi connectivity index (χ1n) is 15.1. The van der Waals surface area contributed by atoms with E-state index in [1.54, 1.807) is 0 Å². The number of aliphatic carboxylic acids is 1. The van der Waals surface area contributed by atoms with E-state index in [-0.39, 0.29) is 12.5 Å². The Balaban J connectivity index is 3.45. The molecule has 0 rings (SSSR count). The van der Waals surface area contributed by atoms with Crippen molar-refractivity contribution in [2.24, 2.45) is 0 Å². The lowest BCUT2D eigenvalue weighted by atomic mass is 10.0. The van der Waals surface area contributed by atoms with Gasteiger partial charge in [-0.3, -0.25) is 0 Å². The minimum absolute atomic E-state index is 0.163. The first-order valence-corrected chi connectivity index (χ1v) is 15.1. The number of nitrogens with zero attached hydrogens (tertiary/aromatic N) is 1. The number of unbranched alkanes of at least 4 members (excludes halogenated alkanes) is 19. The smallest absolute Gasteiger partial charge is 0.105 e. The Morgan fingerprint density at radius 1 is 0.647 bits per heavy atom. The van der Waals surface area contributed by atoms with Gasteiger partial charge in [-0.1, -0.05) is 122 Å². The van der Waals surface area contributed by atoms with Gasteiger partial charge in [-0.05, 0) is 32.1 Å². The van der Waals surface area contributed by atoms with Crippen molar-refractivity contribution in [2.75, 3.05) is 27.2 Å². The molecule has 0 saturated heterocycles. The van der Waals surface area contributed by atoms with Crippen LogP contribution in [0.5, 0.6) is 0 Å². The van der Waals surface area contributed by atoms with Crippen molar-refractivity contribution in [3.8, 4) is 0 Å². The molecule has 204 valence electrons. The average Bonchev–Trinajstić information content (AvgIpc) is 2.77. The molecule has 0 fully saturated rings. The van der Waals surface area contributed by atoms with Gasteiger partial charge in [0, 0.05) is 5.97 Å². The zero-order valence-electron chi connectivity index (χ0n) is 23.5. The van der Waals surface area contributed by atoms with Gasteiger partial charge in [-0.25, -0.2) is 0 Å². The molecule has 0 aliphatic carbocycles. The molecule has 0 amide bonds. The topological polar surface area (TPSA) is 60.4 Å². The van der Waals surface area contributed by atoms with Crippen molar-refractivity contribution in [3.63, 3.8) is 0 Å². The van der Waals surface area contributed by atoms with Crippen molar-refractivity contribution < 1.29 is 19.5 Å². The predicted octanol–water partition coefficient (Wildman–Crippen LogP) is 7.17. The molecule has 0 aromatic heterocycles. The number of aliphatic hydroxyl groups is 1. The monoisotopic (exact) mass is 483 g/mol. The summed E-state index contributed by atoms with van der Waals surface area (Å²) in [5.41, 5.74) is 0. The molecule has 0 aromatic rings. The zero-order chi connectivity index (χ0) is 25.3. The fourth-order valence-corrected chi connectivity index (χ4v) is 5.02. The fraction of sp³-hybridized carbons (Fsp3) is 0.967. The van der Waals surface area contributed by atoms with Gasteiger partial charge in [0.2, 0.25) is 0 Å². The van der Waals surface area contributed by atoms with Crippen LogP contribution in [0.15, 0.2) is 0 Å². The van der Waals surface area contributed by atoms with Crippen LogP contribution >= 0.6 is 0 Å². The van der Waals surface area contributed by atoms with Crippen LogP contribution in [0.2, 0.25) is 0 Å². The molecule has 1 unspecified atom stereocenters. The van der Waals surface area contributed by atoms with Crippen LogP contribution in [0, 0.1) is 0 Å². The third-order valence-corrected chi connectivity index (χ3v) is 7.24. The number of carboxylic acids is 1. The van der Waals surface area contributed by atoms with Crippen LogP contribution in [0.4, 0.5) is 0 Å². The third-order valence-electron chi connectivity index (χ3n) is 7.24. The maximum absolute atomic E-state index is 10.5. The Kier molecular flexibility index (Phi) is 23.7. The summed E-state index contributed by atoms with van der Waals surface area (Å²) in [6, 6.07) is 0. The Hall–Kier alpha value is -0.610. The molecule has 4 nitrogen and oxygen atoms in total. The van der Waals surface area contributed by atoms with Gasteiger partial charge in [-0.2, -0.15) is 0 Å². The highest BCUT2D eigenvalue weighted by Crippen LogP contribution is 2.15. The molecule has 1 atom stereocenters. The summed E-state index contributed by atoms with van der Waals surface area (Å²) in [6.45, 7) is 4.29. The van der Waals surface area contributed by atoms with Gasteiger partial charge < -0.3 is 19.5 Å².